The first-order valence-corrected chi connectivity index (χ1v) is 29.6. The minimum absolute atomic E-state index is 0.0119. The molecule has 0 saturated heterocycles. The fourth-order valence-corrected chi connectivity index (χ4v) is 13.2. The Balaban J connectivity index is 1.32. The third-order valence-corrected chi connectivity index (χ3v) is 17.6. The lowest BCUT2D eigenvalue weighted by atomic mass is 9.49. The molecule has 13 unspecified atom stereocenters. The zero-order chi connectivity index (χ0) is 64.2. The molecular weight excluding hydrogens is 1180 g/mol. The van der Waals surface area contributed by atoms with Gasteiger partial charge in [-0.2, -0.15) is 0 Å². The van der Waals surface area contributed by atoms with Crippen molar-refractivity contribution in [2.75, 3.05) is 38.4 Å². The Labute approximate surface area is 499 Å². The Morgan fingerprint density at radius 3 is 1.91 bits per heavy atom. The number of aliphatic hydroxyl groups is 2. The molecule has 6 amide bonds. The summed E-state index contributed by atoms with van der Waals surface area (Å²) in [5.74, 6) is -17.2. The summed E-state index contributed by atoms with van der Waals surface area (Å²) in [6.07, 6.45) is 0.0126. The van der Waals surface area contributed by atoms with Gasteiger partial charge < -0.3 is 88.2 Å². The summed E-state index contributed by atoms with van der Waals surface area (Å²) in [6.45, 7) is 1.72. The third-order valence-electron chi connectivity index (χ3n) is 15.3. The van der Waals surface area contributed by atoms with E-state index in [1.165, 1.54) is 6.08 Å². The smallest absolute Gasteiger partial charge is 0.481 e. The van der Waals surface area contributed by atoms with Gasteiger partial charge in [-0.25, -0.2) is 14.4 Å². The molecule has 4 aliphatic rings. The molecule has 0 heterocycles. The number of Topliss-reactive ketones (excluding diaryl/α,β-unsaturated/α-hetero) is 1. The number of amides is 6. The molecule has 3 fully saturated rings. The average Bonchev–Trinajstić information content (AvgIpc) is 1.34. The number of allylic oxidation sites excluding steroid dienone is 4. The summed E-state index contributed by atoms with van der Waals surface area (Å²) in [5, 5.41) is 74.5. The van der Waals surface area contributed by atoms with Gasteiger partial charge in [0.2, 0.25) is 41.2 Å². The van der Waals surface area contributed by atoms with E-state index in [1.807, 2.05) is 13.0 Å². The number of hydrogen-bond donors (Lipinski definition) is 14. The highest BCUT2D eigenvalue weighted by Crippen LogP contribution is 2.62. The minimum atomic E-state index is -2.11. The second-order valence-corrected chi connectivity index (χ2v) is 23.8. The molecule has 0 bridgehead atoms. The maximum absolute atomic E-state index is 13.8. The molecule has 86 heavy (non-hydrogen) atoms. The van der Waals surface area contributed by atoms with Gasteiger partial charge in [0.15, 0.2) is 18.3 Å². The molecule has 16 N–H and O–H groups in total. The molecule has 3 saturated carbocycles. The summed E-state index contributed by atoms with van der Waals surface area (Å²) in [6, 6.07) is -11.1. The van der Waals surface area contributed by atoms with Crippen molar-refractivity contribution in [3.05, 3.63) is 23.8 Å². The van der Waals surface area contributed by atoms with Crippen LogP contribution in [0.3, 0.4) is 0 Å². The average molecular weight is 1260 g/mol. The number of hydrogen-bond acceptors (Lipinski definition) is 22. The second kappa shape index (κ2) is 32.6. The van der Waals surface area contributed by atoms with Crippen LogP contribution in [0.15, 0.2) is 28.8 Å². The predicted molar refractivity (Wildman–Crippen MR) is 298 cm³/mol. The van der Waals surface area contributed by atoms with Crippen molar-refractivity contribution in [1.82, 2.24) is 31.9 Å². The van der Waals surface area contributed by atoms with Crippen LogP contribution in [0.4, 0.5) is 4.79 Å². The molecule has 13 atom stereocenters. The minimum Gasteiger partial charge on any atom is -0.481 e. The predicted octanol–water partition coefficient (Wildman–Crippen LogP) is -2.85. The van der Waals surface area contributed by atoms with Crippen LogP contribution in [0.1, 0.15) is 90.9 Å². The van der Waals surface area contributed by atoms with Gasteiger partial charge >= 0.3 is 36.0 Å². The fourth-order valence-electron chi connectivity index (χ4n) is 11.2. The molecular formula is C52H73N9O23S2. The summed E-state index contributed by atoms with van der Waals surface area (Å²) in [4.78, 5) is 181. The lowest BCUT2D eigenvalue weighted by Gasteiger charge is -2.56. The van der Waals surface area contributed by atoms with Crippen LogP contribution in [0.25, 0.3) is 0 Å². The molecule has 476 valence electrons. The van der Waals surface area contributed by atoms with E-state index in [2.05, 4.69) is 41.6 Å². The van der Waals surface area contributed by atoms with Gasteiger partial charge in [0.1, 0.15) is 48.5 Å². The molecule has 0 aliphatic heterocycles. The first-order valence-electron chi connectivity index (χ1n) is 27.1. The lowest BCUT2D eigenvalue weighted by molar-refractivity contribution is -0.155. The number of aliphatic imine (C=N–C) groups is 1. The number of ketones is 2. The first-order chi connectivity index (χ1) is 40.4. The van der Waals surface area contributed by atoms with E-state index in [9.17, 15) is 97.8 Å². The van der Waals surface area contributed by atoms with Crippen molar-refractivity contribution < 1.29 is 112 Å². The zero-order valence-electron chi connectivity index (χ0n) is 47.1. The summed E-state index contributed by atoms with van der Waals surface area (Å²) >= 11 is 0. The van der Waals surface area contributed by atoms with E-state index in [0.29, 0.717) is 19.3 Å². The van der Waals surface area contributed by atoms with Crippen LogP contribution in [0.5, 0.6) is 0 Å². The van der Waals surface area contributed by atoms with Crippen LogP contribution >= 0.6 is 21.6 Å². The van der Waals surface area contributed by atoms with E-state index in [0.717, 1.165) is 41.2 Å². The number of carbonyl (C=O) groups excluding carboxylic acids is 10. The highest BCUT2D eigenvalue weighted by molar-refractivity contribution is 8.76. The SMILES string of the molecule is COC(=O)CC(NC(=O)C(CC(=O)O)NC(=O)C(CCCN=C(N)N)NC(=O)C(CC(=O)O)NC(=O)CCC(NC(C)=O)C(=O)O)C(=O)NC(CSSCCOC(=O)OCC(=O)C1(O)CCC2C3CCC4=CC(=O)C=CC4(C)C3C(O)CC21)C(=O)O. The van der Waals surface area contributed by atoms with E-state index in [-0.39, 0.29) is 73.4 Å². The molecule has 32 nitrogen and oxygen atoms in total. The van der Waals surface area contributed by atoms with E-state index in [1.54, 1.807) is 6.08 Å². The van der Waals surface area contributed by atoms with Crippen molar-refractivity contribution in [2.45, 2.75) is 139 Å². The number of fused-ring (bicyclic) bond motifs is 5. The van der Waals surface area contributed by atoms with Crippen molar-refractivity contribution in [2.24, 2.45) is 45.5 Å². The number of nitrogens with zero attached hydrogens (tertiary/aromatic N) is 1. The van der Waals surface area contributed by atoms with Gasteiger partial charge in [0.05, 0.1) is 32.5 Å². The number of methoxy groups -OCH3 is 1. The fraction of sp³-hybridized carbons (Fsp3) is 0.635. The van der Waals surface area contributed by atoms with Gasteiger partial charge in [-0.3, -0.25) is 57.7 Å². The number of esters is 1. The van der Waals surface area contributed by atoms with Gasteiger partial charge in [-0.15, -0.1) is 0 Å². The van der Waals surface area contributed by atoms with Crippen LogP contribution in [0, 0.1) is 29.1 Å². The first kappa shape index (κ1) is 70.6. The number of ether oxygens (including phenoxy) is 3. The zero-order valence-corrected chi connectivity index (χ0v) is 48.8. The normalized spacial score (nSPS) is 23.8. The quantitative estimate of drug-likeness (QED) is 0.0101. The Hall–Kier alpha value is -7.85. The van der Waals surface area contributed by atoms with Gasteiger partial charge in [0, 0.05) is 48.6 Å². The Bertz CT molecular complexity index is 2710. The highest BCUT2D eigenvalue weighted by Gasteiger charge is 2.62. The molecule has 0 radical (unpaired) electrons. The Morgan fingerprint density at radius 1 is 0.744 bits per heavy atom. The standard InChI is InChI=1S/C52H73N9O23S2/c1-24(62)56-31(47(76)77)8-9-38(66)57-32(19-39(67)68)44(73)58-30(5-4-14-55-49(53)54)43(72)59-33(20-40(69)70)45(74)60-34(21-41(71)82-3)46(75)61-35(48(78)79)23-86-85-16-15-83-50(80)84-22-37(65)52(81)13-11-27-28-7-6-25-17-26(63)10-12-51(25,2)42(28)36(64)18-29(27)52/h10,12,17,27-36,42,64,81H,4-9,11,13-16,18-23H2,1-3H3,(H,56,62)(H,57,66)(H,58,73)(H,59,72)(H,60,74)(H,61,75)(H,67,68)(H,69,70)(H,76,77)(H,78,79)(H4,53,54,55). The molecule has 0 aromatic heterocycles. The van der Waals surface area contributed by atoms with Crippen molar-refractivity contribution >= 4 is 111 Å². The maximum atomic E-state index is 13.8. The van der Waals surface area contributed by atoms with Crippen molar-refractivity contribution in [3.8, 4) is 0 Å². The second-order valence-electron chi connectivity index (χ2n) is 21.1. The van der Waals surface area contributed by atoms with Crippen LogP contribution in [0.2, 0.25) is 0 Å². The van der Waals surface area contributed by atoms with Crippen LogP contribution in [-0.4, -0.2) is 206 Å². The number of carboxylic acid groups (broad SMARTS) is 4. The largest absolute Gasteiger partial charge is 0.508 e. The number of carbonyl (C=O) groups is 14. The maximum Gasteiger partial charge on any atom is 0.508 e. The Morgan fingerprint density at radius 2 is 1.33 bits per heavy atom. The topological polar surface area (TPSA) is 525 Å². The molecule has 4 rings (SSSR count). The number of aliphatic hydroxyl groups excluding tert-OH is 1. The number of nitrogens with one attached hydrogen (secondary N) is 6. The number of nitrogens with two attached hydrogens (primary N) is 2. The van der Waals surface area contributed by atoms with Gasteiger partial charge in [0.25, 0.3) is 0 Å². The Kier molecular flexibility index (Phi) is 26.8. The van der Waals surface area contributed by atoms with E-state index < -0.39 is 182 Å². The lowest BCUT2D eigenvalue weighted by Crippen LogP contribution is -2.59. The molecule has 0 aromatic rings. The number of carboxylic acids is 4. The van der Waals surface area contributed by atoms with E-state index in [4.69, 9.17) is 20.9 Å². The van der Waals surface area contributed by atoms with Gasteiger partial charge in [-0.05, 0) is 75.4 Å². The molecule has 0 aromatic carbocycles. The number of rotatable bonds is 34. The van der Waals surface area contributed by atoms with Gasteiger partial charge in [-0.1, -0.05) is 40.2 Å². The summed E-state index contributed by atoms with van der Waals surface area (Å²) < 4.78 is 14.7. The summed E-state index contributed by atoms with van der Waals surface area (Å²) in [7, 11) is 2.75. The third kappa shape index (κ3) is 20.4. The number of aliphatic carboxylic acids is 4. The highest BCUT2D eigenvalue weighted by atomic mass is 33.1. The van der Waals surface area contributed by atoms with Crippen molar-refractivity contribution in [1.29, 1.82) is 0 Å². The summed E-state index contributed by atoms with van der Waals surface area (Å²) in [5.41, 5.74) is 9.28. The monoisotopic (exact) mass is 1260 g/mol. The van der Waals surface area contributed by atoms with E-state index >= 15 is 0 Å². The van der Waals surface area contributed by atoms with Crippen LogP contribution in [-0.2, 0) is 76.5 Å². The van der Waals surface area contributed by atoms with Crippen LogP contribution < -0.4 is 43.4 Å². The van der Waals surface area contributed by atoms with Crippen molar-refractivity contribution in [3.63, 3.8) is 0 Å². The number of guanidine groups is 1. The molecule has 0 spiro atoms. The molecule has 34 heteroatoms. The molecule has 4 aliphatic carbocycles.